The Hall–Kier alpha value is -3.60. The number of pyridine rings is 1. The predicted molar refractivity (Wildman–Crippen MR) is 109 cm³/mol. The van der Waals surface area contributed by atoms with Crippen LogP contribution in [0.15, 0.2) is 73.1 Å². The number of aromatic amines is 1. The first-order valence-electron chi connectivity index (χ1n) is 9.06. The summed E-state index contributed by atoms with van der Waals surface area (Å²) in [4.78, 5) is 12.2. The third-order valence-electron chi connectivity index (χ3n) is 4.45. The Morgan fingerprint density at radius 1 is 0.929 bits per heavy atom. The summed E-state index contributed by atoms with van der Waals surface area (Å²) in [5.41, 5.74) is 4.87. The third kappa shape index (κ3) is 3.88. The van der Waals surface area contributed by atoms with Crippen LogP contribution in [-0.2, 0) is 6.61 Å². The molecule has 4 rings (SSSR count). The lowest BCUT2D eigenvalue weighted by atomic mass is 10.1. The Morgan fingerprint density at radius 3 is 2.54 bits per heavy atom. The van der Waals surface area contributed by atoms with Crippen LogP contribution in [-0.4, -0.2) is 22.1 Å². The summed E-state index contributed by atoms with van der Waals surface area (Å²) in [6, 6.07) is 19.8. The highest BCUT2D eigenvalue weighted by atomic mass is 16.5. The minimum atomic E-state index is 0.408. The average molecular weight is 371 g/mol. The van der Waals surface area contributed by atoms with Gasteiger partial charge in [-0.1, -0.05) is 36.4 Å². The molecule has 0 saturated heterocycles. The van der Waals surface area contributed by atoms with Crippen molar-refractivity contribution in [2.45, 2.75) is 13.5 Å². The molecule has 0 atom stereocenters. The molecular weight excluding hydrogens is 350 g/mol. The highest BCUT2D eigenvalue weighted by Crippen LogP contribution is 2.33. The molecule has 0 aliphatic rings. The van der Waals surface area contributed by atoms with Gasteiger partial charge in [0.25, 0.3) is 0 Å². The summed E-state index contributed by atoms with van der Waals surface area (Å²) in [5, 5.41) is 0. The highest BCUT2D eigenvalue weighted by molar-refractivity contribution is 5.70. The summed E-state index contributed by atoms with van der Waals surface area (Å²) in [6.45, 7) is 2.42. The number of imidazole rings is 1. The van der Waals surface area contributed by atoms with Gasteiger partial charge in [0.1, 0.15) is 23.9 Å². The number of nitrogens with one attached hydrogen (secondary N) is 1. The average Bonchev–Trinajstić information content (AvgIpc) is 3.24. The van der Waals surface area contributed by atoms with Crippen LogP contribution < -0.4 is 9.47 Å². The SMILES string of the molecule is COc1cc(OCc2ccc(C)cn2)ccc1-c1cnc(-c2ccccc2)[nH]1. The lowest BCUT2D eigenvalue weighted by molar-refractivity contribution is 0.299. The van der Waals surface area contributed by atoms with Gasteiger partial charge >= 0.3 is 0 Å². The second-order valence-electron chi connectivity index (χ2n) is 6.49. The number of H-pyrrole nitrogens is 1. The minimum absolute atomic E-state index is 0.408. The fraction of sp³-hybridized carbons (Fsp3) is 0.130. The van der Waals surface area contributed by atoms with E-state index >= 15 is 0 Å². The summed E-state index contributed by atoms with van der Waals surface area (Å²) >= 11 is 0. The van der Waals surface area contributed by atoms with Crippen molar-refractivity contribution in [3.05, 3.63) is 84.3 Å². The summed E-state index contributed by atoms with van der Waals surface area (Å²) in [5.74, 6) is 2.27. The number of benzene rings is 2. The quantitative estimate of drug-likeness (QED) is 0.516. The van der Waals surface area contributed by atoms with Crippen molar-refractivity contribution in [1.29, 1.82) is 0 Å². The standard InChI is InChI=1S/C23H21N3O2/c1-16-8-9-18(24-13-16)15-28-19-10-11-20(22(12-19)27-2)21-14-25-23(26-21)17-6-4-3-5-7-17/h3-14H,15H2,1-2H3,(H,25,26). The summed E-state index contributed by atoms with van der Waals surface area (Å²) < 4.78 is 11.5. The van der Waals surface area contributed by atoms with E-state index in [2.05, 4.69) is 15.0 Å². The number of hydrogen-bond acceptors (Lipinski definition) is 4. The number of hydrogen-bond donors (Lipinski definition) is 1. The third-order valence-corrected chi connectivity index (χ3v) is 4.45. The lowest BCUT2D eigenvalue weighted by Gasteiger charge is -2.11. The Morgan fingerprint density at radius 2 is 1.79 bits per heavy atom. The molecule has 2 heterocycles. The van der Waals surface area contributed by atoms with Gasteiger partial charge in [0.15, 0.2) is 0 Å². The van der Waals surface area contributed by atoms with E-state index in [1.807, 2.05) is 80.0 Å². The van der Waals surface area contributed by atoms with Crippen LogP contribution in [0.3, 0.4) is 0 Å². The van der Waals surface area contributed by atoms with E-state index in [1.165, 1.54) is 0 Å². The molecule has 1 N–H and O–H groups in total. The van der Waals surface area contributed by atoms with Crippen molar-refractivity contribution < 1.29 is 9.47 Å². The van der Waals surface area contributed by atoms with E-state index < -0.39 is 0 Å². The van der Waals surface area contributed by atoms with Gasteiger partial charge in [-0.3, -0.25) is 4.98 Å². The van der Waals surface area contributed by atoms with Gasteiger partial charge in [-0.25, -0.2) is 4.98 Å². The van der Waals surface area contributed by atoms with Crippen molar-refractivity contribution in [2.75, 3.05) is 7.11 Å². The molecule has 0 radical (unpaired) electrons. The highest BCUT2D eigenvalue weighted by Gasteiger charge is 2.11. The van der Waals surface area contributed by atoms with Gasteiger partial charge in [-0.05, 0) is 30.7 Å². The molecule has 5 heteroatoms. The Kier molecular flexibility index (Phi) is 5.06. The van der Waals surface area contributed by atoms with Gasteiger partial charge in [0.2, 0.25) is 0 Å². The number of ether oxygens (including phenoxy) is 2. The number of aromatic nitrogens is 3. The lowest BCUT2D eigenvalue weighted by Crippen LogP contribution is -1.99. The van der Waals surface area contributed by atoms with E-state index in [9.17, 15) is 0 Å². The molecule has 0 aliphatic heterocycles. The van der Waals surface area contributed by atoms with Gasteiger partial charge in [-0.2, -0.15) is 0 Å². The molecular formula is C23H21N3O2. The second kappa shape index (κ2) is 7.96. The number of rotatable bonds is 6. The molecule has 2 aromatic carbocycles. The van der Waals surface area contributed by atoms with Crippen molar-refractivity contribution in [3.8, 4) is 34.1 Å². The van der Waals surface area contributed by atoms with E-state index in [-0.39, 0.29) is 0 Å². The van der Waals surface area contributed by atoms with Crippen molar-refractivity contribution >= 4 is 0 Å². The van der Waals surface area contributed by atoms with Crippen LogP contribution in [0.4, 0.5) is 0 Å². The molecule has 140 valence electrons. The first-order valence-corrected chi connectivity index (χ1v) is 9.06. The largest absolute Gasteiger partial charge is 0.496 e. The normalized spacial score (nSPS) is 10.6. The maximum Gasteiger partial charge on any atom is 0.137 e. The first-order chi connectivity index (χ1) is 13.7. The molecule has 5 nitrogen and oxygen atoms in total. The Bertz CT molecular complexity index is 1060. The topological polar surface area (TPSA) is 60.0 Å². The van der Waals surface area contributed by atoms with Crippen LogP contribution in [0, 0.1) is 6.92 Å². The fourth-order valence-corrected chi connectivity index (χ4v) is 2.93. The zero-order chi connectivity index (χ0) is 19.3. The van der Waals surface area contributed by atoms with Crippen LogP contribution in [0.25, 0.3) is 22.6 Å². The van der Waals surface area contributed by atoms with Crippen LogP contribution in [0.2, 0.25) is 0 Å². The van der Waals surface area contributed by atoms with Crippen molar-refractivity contribution in [3.63, 3.8) is 0 Å². The maximum atomic E-state index is 5.87. The van der Waals surface area contributed by atoms with Gasteiger partial charge in [-0.15, -0.1) is 0 Å². The molecule has 0 fully saturated rings. The van der Waals surface area contributed by atoms with Gasteiger partial charge in [0.05, 0.1) is 24.7 Å². The van der Waals surface area contributed by atoms with Crippen LogP contribution in [0.5, 0.6) is 11.5 Å². The summed E-state index contributed by atoms with van der Waals surface area (Å²) in [7, 11) is 1.65. The molecule has 2 aromatic heterocycles. The zero-order valence-electron chi connectivity index (χ0n) is 15.8. The van der Waals surface area contributed by atoms with Crippen LogP contribution >= 0.6 is 0 Å². The van der Waals surface area contributed by atoms with Gasteiger partial charge < -0.3 is 14.5 Å². The Labute approximate surface area is 164 Å². The van der Waals surface area contributed by atoms with E-state index in [0.29, 0.717) is 6.61 Å². The molecule has 0 aliphatic carbocycles. The first kappa shape index (κ1) is 17.8. The van der Waals surface area contributed by atoms with Crippen LogP contribution in [0.1, 0.15) is 11.3 Å². The molecule has 28 heavy (non-hydrogen) atoms. The predicted octanol–water partition coefficient (Wildman–Crippen LogP) is 5.03. The van der Waals surface area contributed by atoms with Crippen molar-refractivity contribution in [1.82, 2.24) is 15.0 Å². The maximum absolute atomic E-state index is 5.87. The zero-order valence-corrected chi connectivity index (χ0v) is 15.8. The van der Waals surface area contributed by atoms with E-state index in [0.717, 1.165) is 45.4 Å². The summed E-state index contributed by atoms with van der Waals surface area (Å²) in [6.07, 6.45) is 3.65. The molecule has 0 spiro atoms. The number of aryl methyl sites for hydroxylation is 1. The van der Waals surface area contributed by atoms with E-state index in [4.69, 9.17) is 9.47 Å². The molecule has 4 aromatic rings. The van der Waals surface area contributed by atoms with Gasteiger partial charge in [0, 0.05) is 23.4 Å². The fourth-order valence-electron chi connectivity index (χ4n) is 2.93. The van der Waals surface area contributed by atoms with E-state index in [1.54, 1.807) is 7.11 Å². The smallest absolute Gasteiger partial charge is 0.137 e. The molecule has 0 bridgehead atoms. The number of methoxy groups -OCH3 is 1. The molecule has 0 saturated carbocycles. The molecule has 0 unspecified atom stereocenters. The second-order valence-corrected chi connectivity index (χ2v) is 6.49. The minimum Gasteiger partial charge on any atom is -0.496 e. The Balaban J connectivity index is 1.54. The monoisotopic (exact) mass is 371 g/mol. The number of nitrogens with zero attached hydrogens (tertiary/aromatic N) is 2. The molecule has 0 amide bonds. The van der Waals surface area contributed by atoms with Crippen molar-refractivity contribution in [2.24, 2.45) is 0 Å².